The fourth-order valence-electron chi connectivity index (χ4n) is 1.55. The molecule has 2 nitrogen and oxygen atoms in total. The lowest BCUT2D eigenvalue weighted by molar-refractivity contribution is 0.289. The van der Waals surface area contributed by atoms with Crippen LogP contribution in [0.25, 0.3) is 0 Å². The van der Waals surface area contributed by atoms with E-state index in [0.717, 1.165) is 30.7 Å². The number of hydrogen-bond acceptors (Lipinski definition) is 2. The zero-order valence-electron chi connectivity index (χ0n) is 10.3. The Labute approximate surface area is 102 Å². The van der Waals surface area contributed by atoms with Gasteiger partial charge in [-0.3, -0.25) is 4.39 Å². The second kappa shape index (κ2) is 7.82. The van der Waals surface area contributed by atoms with Crippen LogP contribution in [0.4, 0.5) is 4.39 Å². The third kappa shape index (κ3) is 6.05. The first-order chi connectivity index (χ1) is 8.22. The molecule has 3 heteroatoms. The Morgan fingerprint density at radius 3 is 2.53 bits per heavy atom. The molecule has 0 saturated carbocycles. The molecule has 0 fully saturated rings. The van der Waals surface area contributed by atoms with Crippen LogP contribution in [0.3, 0.4) is 0 Å². The van der Waals surface area contributed by atoms with Gasteiger partial charge in [0.25, 0.3) is 0 Å². The SMILES string of the molecule is CC(=N)CCCc1ccc(OCCCF)cc1. The maximum absolute atomic E-state index is 11.9. The van der Waals surface area contributed by atoms with E-state index in [1.165, 1.54) is 5.56 Å². The average Bonchev–Trinajstić information content (AvgIpc) is 2.31. The zero-order valence-corrected chi connectivity index (χ0v) is 10.3. The van der Waals surface area contributed by atoms with E-state index in [0.29, 0.717) is 13.0 Å². The van der Waals surface area contributed by atoms with Crippen LogP contribution < -0.4 is 4.74 Å². The minimum Gasteiger partial charge on any atom is -0.494 e. The average molecular weight is 237 g/mol. The molecule has 0 radical (unpaired) electrons. The molecule has 1 N–H and O–H groups in total. The van der Waals surface area contributed by atoms with Crippen LogP contribution >= 0.6 is 0 Å². The number of hydrogen-bond donors (Lipinski definition) is 1. The number of ether oxygens (including phenoxy) is 1. The minimum atomic E-state index is -0.332. The van der Waals surface area contributed by atoms with Gasteiger partial charge in [0, 0.05) is 12.1 Å². The van der Waals surface area contributed by atoms with E-state index >= 15 is 0 Å². The third-order valence-corrected chi connectivity index (χ3v) is 2.49. The molecular formula is C14H20FNO. The summed E-state index contributed by atoms with van der Waals surface area (Å²) in [5.74, 6) is 0.797. The van der Waals surface area contributed by atoms with Crippen molar-refractivity contribution < 1.29 is 9.13 Å². The lowest BCUT2D eigenvalue weighted by Gasteiger charge is -2.06. The van der Waals surface area contributed by atoms with E-state index in [2.05, 4.69) is 0 Å². The van der Waals surface area contributed by atoms with Gasteiger partial charge >= 0.3 is 0 Å². The third-order valence-electron chi connectivity index (χ3n) is 2.49. The molecule has 0 amide bonds. The summed E-state index contributed by atoms with van der Waals surface area (Å²) >= 11 is 0. The molecular weight excluding hydrogens is 217 g/mol. The molecule has 1 aromatic rings. The number of rotatable bonds is 8. The second-order valence-corrected chi connectivity index (χ2v) is 4.17. The predicted octanol–water partition coefficient (Wildman–Crippen LogP) is 3.79. The number of nitrogens with one attached hydrogen (secondary N) is 1. The van der Waals surface area contributed by atoms with Crippen LogP contribution in [-0.2, 0) is 6.42 Å². The second-order valence-electron chi connectivity index (χ2n) is 4.17. The van der Waals surface area contributed by atoms with Gasteiger partial charge in [-0.15, -0.1) is 0 Å². The van der Waals surface area contributed by atoms with Crippen molar-refractivity contribution >= 4 is 5.71 Å². The Bertz CT molecular complexity index is 335. The van der Waals surface area contributed by atoms with E-state index in [1.807, 2.05) is 31.2 Å². The van der Waals surface area contributed by atoms with Crippen molar-refractivity contribution in [2.24, 2.45) is 0 Å². The quantitative estimate of drug-likeness (QED) is 0.541. The van der Waals surface area contributed by atoms with Gasteiger partial charge in [-0.05, 0) is 43.9 Å². The summed E-state index contributed by atoms with van der Waals surface area (Å²) in [6.45, 7) is 1.94. The Kier molecular flexibility index (Phi) is 6.30. The Hall–Kier alpha value is -1.38. The predicted molar refractivity (Wildman–Crippen MR) is 68.9 cm³/mol. The van der Waals surface area contributed by atoms with Gasteiger partial charge in [-0.2, -0.15) is 0 Å². The Morgan fingerprint density at radius 2 is 1.94 bits per heavy atom. The summed E-state index contributed by atoms with van der Waals surface area (Å²) in [5.41, 5.74) is 1.99. The molecule has 0 unspecified atom stereocenters. The number of benzene rings is 1. The molecule has 1 aromatic carbocycles. The Morgan fingerprint density at radius 1 is 1.24 bits per heavy atom. The largest absolute Gasteiger partial charge is 0.494 e. The Balaban J connectivity index is 2.31. The molecule has 0 aliphatic rings. The van der Waals surface area contributed by atoms with Crippen molar-refractivity contribution in [2.75, 3.05) is 13.3 Å². The fraction of sp³-hybridized carbons (Fsp3) is 0.500. The first-order valence-corrected chi connectivity index (χ1v) is 6.04. The molecule has 1 rings (SSSR count). The monoisotopic (exact) mass is 237 g/mol. The maximum atomic E-state index is 11.9. The van der Waals surface area contributed by atoms with Crippen molar-refractivity contribution in [2.45, 2.75) is 32.6 Å². The van der Waals surface area contributed by atoms with Gasteiger partial charge in [0.15, 0.2) is 0 Å². The highest BCUT2D eigenvalue weighted by Crippen LogP contribution is 2.14. The van der Waals surface area contributed by atoms with E-state index in [1.54, 1.807) is 0 Å². The number of halogens is 1. The van der Waals surface area contributed by atoms with E-state index in [9.17, 15) is 4.39 Å². The van der Waals surface area contributed by atoms with Crippen LogP contribution in [0.15, 0.2) is 24.3 Å². The van der Waals surface area contributed by atoms with Gasteiger partial charge in [-0.25, -0.2) is 0 Å². The smallest absolute Gasteiger partial charge is 0.119 e. The van der Waals surface area contributed by atoms with Gasteiger partial charge < -0.3 is 10.1 Å². The highest BCUT2D eigenvalue weighted by atomic mass is 19.1. The van der Waals surface area contributed by atoms with Crippen molar-refractivity contribution in [3.63, 3.8) is 0 Å². The molecule has 0 aliphatic heterocycles. The molecule has 0 heterocycles. The molecule has 0 atom stereocenters. The molecule has 0 saturated heterocycles. The van der Waals surface area contributed by atoms with E-state index in [4.69, 9.17) is 10.1 Å². The van der Waals surface area contributed by atoms with Crippen LogP contribution in [-0.4, -0.2) is 19.0 Å². The van der Waals surface area contributed by atoms with Crippen molar-refractivity contribution in [1.29, 1.82) is 5.41 Å². The maximum Gasteiger partial charge on any atom is 0.119 e. The molecule has 0 bridgehead atoms. The lowest BCUT2D eigenvalue weighted by Crippen LogP contribution is -1.98. The van der Waals surface area contributed by atoms with Gasteiger partial charge in [-0.1, -0.05) is 12.1 Å². The summed E-state index contributed by atoms with van der Waals surface area (Å²) in [6.07, 6.45) is 3.30. The number of alkyl halides is 1. The van der Waals surface area contributed by atoms with Crippen molar-refractivity contribution in [3.8, 4) is 5.75 Å². The molecule has 17 heavy (non-hydrogen) atoms. The summed E-state index contributed by atoms with van der Waals surface area (Å²) in [4.78, 5) is 0. The lowest BCUT2D eigenvalue weighted by atomic mass is 10.1. The van der Waals surface area contributed by atoms with E-state index < -0.39 is 0 Å². The van der Waals surface area contributed by atoms with Crippen molar-refractivity contribution in [1.82, 2.24) is 0 Å². The van der Waals surface area contributed by atoms with Crippen LogP contribution in [0.5, 0.6) is 5.75 Å². The summed E-state index contributed by atoms with van der Waals surface area (Å²) in [5, 5.41) is 7.34. The van der Waals surface area contributed by atoms with Crippen molar-refractivity contribution in [3.05, 3.63) is 29.8 Å². The van der Waals surface area contributed by atoms with E-state index in [-0.39, 0.29) is 6.67 Å². The van der Waals surface area contributed by atoms with Gasteiger partial charge in [0.1, 0.15) is 5.75 Å². The van der Waals surface area contributed by atoms with Crippen LogP contribution in [0.2, 0.25) is 0 Å². The van der Waals surface area contributed by atoms with Crippen LogP contribution in [0, 0.1) is 5.41 Å². The summed E-state index contributed by atoms with van der Waals surface area (Å²) in [6, 6.07) is 7.91. The zero-order chi connectivity index (χ0) is 12.5. The topological polar surface area (TPSA) is 33.1 Å². The highest BCUT2D eigenvalue weighted by molar-refractivity contribution is 5.78. The molecule has 0 spiro atoms. The fourth-order valence-corrected chi connectivity index (χ4v) is 1.55. The molecule has 0 aromatic heterocycles. The van der Waals surface area contributed by atoms with Gasteiger partial charge in [0.2, 0.25) is 0 Å². The normalized spacial score (nSPS) is 10.2. The molecule has 94 valence electrons. The van der Waals surface area contributed by atoms with Crippen LogP contribution in [0.1, 0.15) is 31.7 Å². The first-order valence-electron chi connectivity index (χ1n) is 6.04. The minimum absolute atomic E-state index is 0.332. The molecule has 0 aliphatic carbocycles. The summed E-state index contributed by atoms with van der Waals surface area (Å²) in [7, 11) is 0. The first kappa shape index (κ1) is 13.7. The highest BCUT2D eigenvalue weighted by Gasteiger charge is 1.97. The van der Waals surface area contributed by atoms with Gasteiger partial charge in [0.05, 0.1) is 13.3 Å². The summed E-state index contributed by atoms with van der Waals surface area (Å²) < 4.78 is 17.2. The number of aryl methyl sites for hydroxylation is 1. The standard InChI is InChI=1S/C14H20FNO/c1-12(16)4-2-5-13-6-8-14(9-7-13)17-11-3-10-15/h6-9,16H,2-5,10-11H2,1H3.